The highest BCUT2D eigenvalue weighted by Gasteiger charge is 2.26. The molecule has 0 rings (SSSR count). The van der Waals surface area contributed by atoms with Gasteiger partial charge < -0.3 is 25.2 Å². The zero-order chi connectivity index (χ0) is 42.6. The van der Waals surface area contributed by atoms with Gasteiger partial charge in [-0.05, 0) is 57.8 Å². The molecule has 0 fully saturated rings. The Morgan fingerprint density at radius 1 is 0.586 bits per heavy atom. The first-order valence-electron chi connectivity index (χ1n) is 23.2. The lowest BCUT2D eigenvalue weighted by molar-refractivity contribution is -0.161. The van der Waals surface area contributed by atoms with E-state index < -0.39 is 32.5 Å². The van der Waals surface area contributed by atoms with Crippen molar-refractivity contribution in [2.45, 2.75) is 212 Å². The predicted molar refractivity (Wildman–Crippen MR) is 239 cm³/mol. The maximum Gasteiger partial charge on any atom is 0.472 e. The van der Waals surface area contributed by atoms with Crippen molar-refractivity contribution < 1.29 is 42.7 Å². The van der Waals surface area contributed by atoms with Gasteiger partial charge in [-0.15, -0.1) is 0 Å². The van der Waals surface area contributed by atoms with Crippen LogP contribution in [0.5, 0.6) is 0 Å². The van der Waals surface area contributed by atoms with Crippen LogP contribution in [-0.4, -0.2) is 60.5 Å². The van der Waals surface area contributed by atoms with Crippen molar-refractivity contribution in [1.29, 1.82) is 0 Å². The maximum absolute atomic E-state index is 12.6. The molecule has 0 saturated heterocycles. The summed E-state index contributed by atoms with van der Waals surface area (Å²) in [6, 6.07) is 0. The number of carbonyl (C=O) groups is 2. The summed E-state index contributed by atoms with van der Waals surface area (Å²) in [6.07, 6.45) is 46.6. The third-order valence-corrected chi connectivity index (χ3v) is 10.9. The third kappa shape index (κ3) is 42.1. The van der Waals surface area contributed by atoms with E-state index in [2.05, 4.69) is 49.5 Å². The Morgan fingerprint density at radius 2 is 1.03 bits per heavy atom. The maximum atomic E-state index is 12.6. The molecule has 4 N–H and O–H groups in total. The number of phosphoric acid groups is 1. The van der Waals surface area contributed by atoms with E-state index in [0.29, 0.717) is 12.8 Å². The Kier molecular flexibility index (Phi) is 41.5. The second-order valence-corrected chi connectivity index (χ2v) is 16.9. The number of ether oxygens (including phenoxy) is 2. The molecule has 11 heteroatoms. The van der Waals surface area contributed by atoms with Crippen molar-refractivity contribution in [3.8, 4) is 0 Å². The number of carbonyl (C=O) groups excluding carboxylic acids is 2. The zero-order valence-corrected chi connectivity index (χ0v) is 37.8. The number of unbranched alkanes of at least 4 members (excludes halogenated alkanes) is 19. The Morgan fingerprint density at radius 3 is 1.52 bits per heavy atom. The number of rotatable bonds is 43. The zero-order valence-electron chi connectivity index (χ0n) is 36.9. The molecule has 0 spiro atoms. The van der Waals surface area contributed by atoms with Crippen LogP contribution in [0.15, 0.2) is 48.6 Å². The van der Waals surface area contributed by atoms with E-state index in [-0.39, 0.29) is 38.7 Å². The van der Waals surface area contributed by atoms with E-state index in [1.807, 2.05) is 13.0 Å². The normalized spacial score (nSPS) is 14.2. The second kappa shape index (κ2) is 43.0. The van der Waals surface area contributed by atoms with Gasteiger partial charge in [-0.3, -0.25) is 18.6 Å². The first kappa shape index (κ1) is 55.9. The van der Waals surface area contributed by atoms with Crippen LogP contribution < -0.4 is 5.73 Å². The lowest BCUT2D eigenvalue weighted by Gasteiger charge is -2.19. The van der Waals surface area contributed by atoms with Crippen LogP contribution in [0.25, 0.3) is 0 Å². The van der Waals surface area contributed by atoms with Crippen molar-refractivity contribution >= 4 is 19.8 Å². The second-order valence-electron chi connectivity index (χ2n) is 15.4. The van der Waals surface area contributed by atoms with Crippen LogP contribution >= 0.6 is 7.82 Å². The summed E-state index contributed by atoms with van der Waals surface area (Å²) in [5, 5.41) is 9.56. The van der Waals surface area contributed by atoms with Gasteiger partial charge >= 0.3 is 19.8 Å². The standard InChI is InChI=1S/C47H86NO9P/c1-3-5-6-7-8-9-10-11-12-13-14-15-16-21-24-27-30-33-36-39-47(51)57-45(43-56-58(52,53)55-41-40-48)42-54-46(50)38-35-32-29-26-23-20-18-17-19-22-25-28-31-34-37-44(49)4-2/h18-20,22,26,28-29,31,44-45,49H,3-17,21,23-25,27,30,32-43,48H2,1-2H3,(H,52,53)/b20-18-,22-19-,29-26-,31-28-/t44-,45+/m0/s1. The first-order valence-corrected chi connectivity index (χ1v) is 24.7. The highest BCUT2D eigenvalue weighted by molar-refractivity contribution is 7.47. The molecule has 0 saturated carbocycles. The molecule has 0 aliphatic carbocycles. The summed E-state index contributed by atoms with van der Waals surface area (Å²) >= 11 is 0. The molecule has 0 aromatic carbocycles. The molecule has 0 aromatic rings. The molecule has 0 aliphatic rings. The minimum absolute atomic E-state index is 0.0406. The van der Waals surface area contributed by atoms with Crippen LogP contribution in [0.3, 0.4) is 0 Å². The number of nitrogens with two attached hydrogens (primary N) is 1. The molecule has 0 aliphatic heterocycles. The van der Waals surface area contributed by atoms with Crippen LogP contribution in [0.1, 0.15) is 200 Å². The van der Waals surface area contributed by atoms with Crippen molar-refractivity contribution in [2.75, 3.05) is 26.4 Å². The average Bonchev–Trinajstić information content (AvgIpc) is 3.21. The van der Waals surface area contributed by atoms with Crippen LogP contribution in [0, 0.1) is 0 Å². The fraction of sp³-hybridized carbons (Fsp3) is 0.787. The SMILES string of the molecule is CCCCCCCCCCCCCCCCCCCCCC(=O)O[C@H](COC(=O)CCC/C=C\C/C=C\C/C=C\C/C=C\CC[C@@H](O)CC)COP(=O)(O)OCCN. The van der Waals surface area contributed by atoms with Gasteiger partial charge in [0.1, 0.15) is 6.61 Å². The molecule has 3 atom stereocenters. The smallest absolute Gasteiger partial charge is 0.462 e. The van der Waals surface area contributed by atoms with Gasteiger partial charge in [0.25, 0.3) is 0 Å². The number of allylic oxidation sites excluding steroid dienone is 8. The van der Waals surface area contributed by atoms with Crippen molar-refractivity contribution in [2.24, 2.45) is 5.73 Å². The largest absolute Gasteiger partial charge is 0.472 e. The molecular weight excluding hydrogens is 753 g/mol. The minimum Gasteiger partial charge on any atom is -0.462 e. The van der Waals surface area contributed by atoms with Crippen LogP contribution in [-0.2, 0) is 32.7 Å². The summed E-state index contributed by atoms with van der Waals surface area (Å²) in [7, 11) is -4.40. The lowest BCUT2D eigenvalue weighted by Crippen LogP contribution is -2.29. The van der Waals surface area contributed by atoms with E-state index in [0.717, 1.165) is 64.2 Å². The quantitative estimate of drug-likeness (QED) is 0.0234. The summed E-state index contributed by atoms with van der Waals surface area (Å²) in [6.45, 7) is 3.40. The predicted octanol–water partition coefficient (Wildman–Crippen LogP) is 12.5. The topological polar surface area (TPSA) is 155 Å². The van der Waals surface area contributed by atoms with Crippen molar-refractivity contribution in [3.63, 3.8) is 0 Å². The molecular formula is C47H86NO9P. The van der Waals surface area contributed by atoms with E-state index in [1.54, 1.807) is 0 Å². The molecule has 338 valence electrons. The molecule has 0 bridgehead atoms. The minimum atomic E-state index is -4.40. The van der Waals surface area contributed by atoms with E-state index in [1.165, 1.54) is 96.3 Å². The number of hydrogen-bond acceptors (Lipinski definition) is 9. The Hall–Kier alpha value is -2.07. The molecule has 1 unspecified atom stereocenters. The Labute approximate surface area is 354 Å². The molecule has 58 heavy (non-hydrogen) atoms. The molecule has 0 heterocycles. The fourth-order valence-corrected chi connectivity index (χ4v) is 7.02. The summed E-state index contributed by atoms with van der Waals surface area (Å²) in [4.78, 5) is 34.9. The molecule has 0 aromatic heterocycles. The van der Waals surface area contributed by atoms with Crippen LogP contribution in [0.2, 0.25) is 0 Å². The summed E-state index contributed by atoms with van der Waals surface area (Å²) < 4.78 is 32.8. The van der Waals surface area contributed by atoms with Gasteiger partial charge in [0.15, 0.2) is 6.10 Å². The van der Waals surface area contributed by atoms with Gasteiger partial charge in [0.2, 0.25) is 0 Å². The van der Waals surface area contributed by atoms with Crippen LogP contribution in [0.4, 0.5) is 0 Å². The lowest BCUT2D eigenvalue weighted by atomic mass is 10.0. The monoisotopic (exact) mass is 840 g/mol. The fourth-order valence-electron chi connectivity index (χ4n) is 6.26. The number of aliphatic hydroxyl groups is 1. The van der Waals surface area contributed by atoms with Crippen molar-refractivity contribution in [1.82, 2.24) is 0 Å². The first-order chi connectivity index (χ1) is 28.2. The van der Waals surface area contributed by atoms with Gasteiger partial charge in [-0.25, -0.2) is 4.57 Å². The number of hydrogen-bond donors (Lipinski definition) is 3. The van der Waals surface area contributed by atoms with Gasteiger partial charge in [0, 0.05) is 19.4 Å². The number of phosphoric ester groups is 1. The highest BCUT2D eigenvalue weighted by Crippen LogP contribution is 2.43. The van der Waals surface area contributed by atoms with Gasteiger partial charge in [-0.2, -0.15) is 0 Å². The summed E-state index contributed by atoms with van der Waals surface area (Å²) in [5.41, 5.74) is 5.35. The number of esters is 2. The van der Waals surface area contributed by atoms with Crippen molar-refractivity contribution in [3.05, 3.63) is 48.6 Å². The Bertz CT molecular complexity index is 1110. The highest BCUT2D eigenvalue weighted by atomic mass is 31.2. The average molecular weight is 840 g/mol. The summed E-state index contributed by atoms with van der Waals surface area (Å²) in [5.74, 6) is -0.907. The van der Waals surface area contributed by atoms with Gasteiger partial charge in [-0.1, -0.05) is 178 Å². The molecule has 0 amide bonds. The number of aliphatic hydroxyl groups excluding tert-OH is 1. The van der Waals surface area contributed by atoms with E-state index in [9.17, 15) is 24.2 Å². The van der Waals surface area contributed by atoms with E-state index in [4.69, 9.17) is 24.3 Å². The molecule has 0 radical (unpaired) electrons. The van der Waals surface area contributed by atoms with Gasteiger partial charge in [0.05, 0.1) is 19.3 Å². The van der Waals surface area contributed by atoms with E-state index >= 15 is 0 Å². The third-order valence-electron chi connectivity index (χ3n) is 9.88. The molecule has 10 nitrogen and oxygen atoms in total. The Balaban J connectivity index is 4.19.